The highest BCUT2D eigenvalue weighted by molar-refractivity contribution is 9.10. The third kappa shape index (κ3) is 2.11. The fourth-order valence-electron chi connectivity index (χ4n) is 1.60. The fraction of sp³-hybridized carbons (Fsp3) is 0.400. The summed E-state index contributed by atoms with van der Waals surface area (Å²) in [4.78, 5) is 0. The Balaban J connectivity index is 2.22. The average molecular weight is 324 g/mol. The summed E-state index contributed by atoms with van der Waals surface area (Å²) in [6.45, 7) is 0. The Morgan fingerprint density at radius 3 is 2.77 bits per heavy atom. The molecule has 0 saturated heterocycles. The lowest BCUT2D eigenvalue weighted by atomic mass is 10.1. The van der Waals surface area contributed by atoms with Crippen molar-refractivity contribution in [1.29, 1.82) is 0 Å². The van der Waals surface area contributed by atoms with E-state index in [-0.39, 0.29) is 0 Å². The maximum atomic E-state index is 5.87. The van der Waals surface area contributed by atoms with Crippen LogP contribution >= 0.6 is 43.5 Å². The molecule has 1 aromatic rings. The van der Waals surface area contributed by atoms with Crippen LogP contribution in [0.3, 0.4) is 0 Å². The molecule has 0 nitrogen and oxygen atoms in total. The first kappa shape index (κ1) is 10.0. The molecule has 0 aliphatic heterocycles. The van der Waals surface area contributed by atoms with Crippen molar-refractivity contribution in [1.82, 2.24) is 0 Å². The molecular formula is C10H9Br2Cl. The van der Waals surface area contributed by atoms with Gasteiger partial charge in [0.15, 0.2) is 0 Å². The lowest BCUT2D eigenvalue weighted by molar-refractivity contribution is 0.933. The average Bonchev–Trinajstić information content (AvgIpc) is 2.83. The Morgan fingerprint density at radius 2 is 2.23 bits per heavy atom. The first-order chi connectivity index (χ1) is 6.22. The molecule has 0 aromatic heterocycles. The van der Waals surface area contributed by atoms with Crippen molar-refractivity contribution in [3.8, 4) is 0 Å². The number of hydrogen-bond acceptors (Lipinski definition) is 0. The molecule has 0 N–H and O–H groups in total. The summed E-state index contributed by atoms with van der Waals surface area (Å²) >= 11 is 12.9. The maximum Gasteiger partial charge on any atom is 0.0417 e. The first-order valence-electron chi connectivity index (χ1n) is 4.23. The van der Waals surface area contributed by atoms with Crippen LogP contribution in [0.25, 0.3) is 0 Å². The molecule has 2 atom stereocenters. The molecule has 13 heavy (non-hydrogen) atoms. The molecule has 1 saturated carbocycles. The third-order valence-corrected chi connectivity index (χ3v) is 4.24. The van der Waals surface area contributed by atoms with E-state index in [1.165, 1.54) is 12.0 Å². The van der Waals surface area contributed by atoms with Crippen molar-refractivity contribution in [2.75, 3.05) is 5.33 Å². The van der Waals surface area contributed by atoms with E-state index in [1.807, 2.05) is 12.1 Å². The molecule has 3 heteroatoms. The molecule has 0 amide bonds. The molecule has 1 aliphatic carbocycles. The van der Waals surface area contributed by atoms with Crippen molar-refractivity contribution >= 4 is 43.5 Å². The topological polar surface area (TPSA) is 0 Å². The predicted octanol–water partition coefficient (Wildman–Crippen LogP) is 4.60. The van der Waals surface area contributed by atoms with Gasteiger partial charge in [0, 0.05) is 14.8 Å². The molecule has 2 rings (SSSR count). The molecule has 1 aromatic carbocycles. The van der Waals surface area contributed by atoms with E-state index in [4.69, 9.17) is 11.6 Å². The van der Waals surface area contributed by atoms with E-state index in [2.05, 4.69) is 37.9 Å². The van der Waals surface area contributed by atoms with Crippen molar-refractivity contribution in [3.05, 3.63) is 33.3 Å². The molecular weight excluding hydrogens is 315 g/mol. The van der Waals surface area contributed by atoms with E-state index >= 15 is 0 Å². The van der Waals surface area contributed by atoms with Gasteiger partial charge in [-0.3, -0.25) is 0 Å². The molecule has 0 heterocycles. The maximum absolute atomic E-state index is 5.87. The van der Waals surface area contributed by atoms with Crippen molar-refractivity contribution < 1.29 is 0 Å². The molecule has 0 radical (unpaired) electrons. The minimum atomic E-state index is 0.728. The van der Waals surface area contributed by atoms with Crippen molar-refractivity contribution in [3.63, 3.8) is 0 Å². The van der Waals surface area contributed by atoms with E-state index in [0.717, 1.165) is 26.7 Å². The number of hydrogen-bond donors (Lipinski definition) is 0. The highest BCUT2D eigenvalue weighted by Crippen LogP contribution is 2.50. The lowest BCUT2D eigenvalue weighted by Gasteiger charge is -2.02. The predicted molar refractivity (Wildman–Crippen MR) is 63.8 cm³/mol. The Kier molecular flexibility index (Phi) is 3.01. The van der Waals surface area contributed by atoms with E-state index in [9.17, 15) is 0 Å². The van der Waals surface area contributed by atoms with E-state index in [1.54, 1.807) is 0 Å². The summed E-state index contributed by atoms with van der Waals surface area (Å²) in [6.07, 6.45) is 1.30. The fourth-order valence-corrected chi connectivity index (χ4v) is 3.29. The summed E-state index contributed by atoms with van der Waals surface area (Å²) in [5.41, 5.74) is 1.40. The number of benzene rings is 1. The summed E-state index contributed by atoms with van der Waals surface area (Å²) in [6, 6.07) is 6.06. The van der Waals surface area contributed by atoms with Gasteiger partial charge in [0.05, 0.1) is 0 Å². The van der Waals surface area contributed by atoms with Crippen LogP contribution in [0.5, 0.6) is 0 Å². The van der Waals surface area contributed by atoms with Gasteiger partial charge in [-0.1, -0.05) is 49.5 Å². The molecule has 70 valence electrons. The van der Waals surface area contributed by atoms with Gasteiger partial charge in [-0.25, -0.2) is 0 Å². The van der Waals surface area contributed by atoms with Gasteiger partial charge < -0.3 is 0 Å². The Bertz CT molecular complexity index is 325. The van der Waals surface area contributed by atoms with Crippen LogP contribution in [0.2, 0.25) is 5.02 Å². The Hall–Kier alpha value is 0.470. The zero-order valence-electron chi connectivity index (χ0n) is 6.93. The van der Waals surface area contributed by atoms with Gasteiger partial charge in [0.1, 0.15) is 0 Å². The van der Waals surface area contributed by atoms with Crippen LogP contribution < -0.4 is 0 Å². The smallest absolute Gasteiger partial charge is 0.0417 e. The van der Waals surface area contributed by atoms with Gasteiger partial charge in [-0.2, -0.15) is 0 Å². The van der Waals surface area contributed by atoms with Crippen molar-refractivity contribution in [2.24, 2.45) is 5.92 Å². The molecule has 0 spiro atoms. The molecule has 1 aliphatic rings. The first-order valence-corrected chi connectivity index (χ1v) is 6.52. The van der Waals surface area contributed by atoms with Crippen LogP contribution in [0.4, 0.5) is 0 Å². The second-order valence-corrected chi connectivity index (χ2v) is 5.36. The Labute approximate surface area is 99.9 Å². The van der Waals surface area contributed by atoms with Gasteiger partial charge in [-0.15, -0.1) is 0 Å². The summed E-state index contributed by atoms with van der Waals surface area (Å²) in [5.74, 6) is 1.54. The van der Waals surface area contributed by atoms with E-state index < -0.39 is 0 Å². The highest BCUT2D eigenvalue weighted by atomic mass is 79.9. The summed E-state index contributed by atoms with van der Waals surface area (Å²) in [5, 5.41) is 1.90. The monoisotopic (exact) mass is 322 g/mol. The molecule has 1 fully saturated rings. The lowest BCUT2D eigenvalue weighted by Crippen LogP contribution is -1.86. The Morgan fingerprint density at radius 1 is 1.46 bits per heavy atom. The highest BCUT2D eigenvalue weighted by Gasteiger charge is 2.38. The van der Waals surface area contributed by atoms with E-state index in [0.29, 0.717) is 0 Å². The zero-order chi connectivity index (χ0) is 9.42. The normalized spacial score (nSPS) is 26.1. The van der Waals surface area contributed by atoms with Crippen LogP contribution in [0.1, 0.15) is 17.9 Å². The van der Waals surface area contributed by atoms with Gasteiger partial charge in [0.2, 0.25) is 0 Å². The quantitative estimate of drug-likeness (QED) is 0.697. The number of alkyl halides is 1. The molecule has 2 unspecified atom stereocenters. The number of rotatable bonds is 2. The second kappa shape index (κ2) is 3.92. The van der Waals surface area contributed by atoms with Crippen LogP contribution in [-0.2, 0) is 0 Å². The summed E-state index contributed by atoms with van der Waals surface area (Å²) < 4.78 is 1.15. The molecule has 0 bridgehead atoms. The third-order valence-electron chi connectivity index (χ3n) is 2.48. The van der Waals surface area contributed by atoms with Gasteiger partial charge >= 0.3 is 0 Å². The van der Waals surface area contributed by atoms with Gasteiger partial charge in [-0.05, 0) is 36.0 Å². The van der Waals surface area contributed by atoms with Crippen molar-refractivity contribution in [2.45, 2.75) is 12.3 Å². The van der Waals surface area contributed by atoms with Crippen LogP contribution in [0, 0.1) is 5.92 Å². The minimum Gasteiger partial charge on any atom is -0.0925 e. The van der Waals surface area contributed by atoms with Gasteiger partial charge in [0.25, 0.3) is 0 Å². The minimum absolute atomic E-state index is 0.728. The standard InChI is InChI=1S/C10H9Br2Cl/c11-5-6-3-9(6)8-2-1-7(13)4-10(8)12/h1-2,4,6,9H,3,5H2. The number of halogens is 3. The second-order valence-electron chi connectivity index (χ2n) is 3.42. The van der Waals surface area contributed by atoms with Crippen LogP contribution in [-0.4, -0.2) is 5.33 Å². The summed E-state index contributed by atoms with van der Waals surface area (Å²) in [7, 11) is 0. The van der Waals surface area contributed by atoms with Crippen LogP contribution in [0.15, 0.2) is 22.7 Å². The zero-order valence-corrected chi connectivity index (χ0v) is 10.9. The SMILES string of the molecule is Clc1ccc(C2CC2CBr)c(Br)c1. The largest absolute Gasteiger partial charge is 0.0925 e.